The summed E-state index contributed by atoms with van der Waals surface area (Å²) in [4.78, 5) is 11.6. The van der Waals surface area contributed by atoms with Gasteiger partial charge in [-0.2, -0.15) is 4.31 Å². The Morgan fingerprint density at radius 3 is 2.43 bits per heavy atom. The molecular formula is C18H21ClFN3O4S. The summed E-state index contributed by atoms with van der Waals surface area (Å²) in [5.41, 5.74) is 0.991. The fraction of sp³-hybridized carbons (Fsp3) is 0.278. The van der Waals surface area contributed by atoms with Gasteiger partial charge in [0, 0.05) is 24.5 Å². The van der Waals surface area contributed by atoms with E-state index >= 15 is 0 Å². The number of amides is 1. The van der Waals surface area contributed by atoms with Gasteiger partial charge in [-0.1, -0.05) is 18.2 Å². The largest absolute Gasteiger partial charge is 0.379 e. The van der Waals surface area contributed by atoms with Crippen molar-refractivity contribution >= 4 is 39.7 Å². The lowest BCUT2D eigenvalue weighted by molar-refractivity contribution is -0.114. The van der Waals surface area contributed by atoms with Crippen molar-refractivity contribution in [1.29, 1.82) is 0 Å². The van der Waals surface area contributed by atoms with Crippen LogP contribution in [0.2, 0.25) is 0 Å². The number of anilines is 2. The molecule has 0 spiro atoms. The molecule has 152 valence electrons. The molecule has 0 aromatic heterocycles. The number of benzene rings is 2. The van der Waals surface area contributed by atoms with E-state index < -0.39 is 20.7 Å². The maximum atomic E-state index is 14.2. The third-order valence-corrected chi connectivity index (χ3v) is 5.94. The molecule has 1 heterocycles. The van der Waals surface area contributed by atoms with Crippen LogP contribution in [0.25, 0.3) is 0 Å². The van der Waals surface area contributed by atoms with Gasteiger partial charge in [0.2, 0.25) is 15.9 Å². The smallest absolute Gasteiger partial charge is 0.246 e. The van der Waals surface area contributed by atoms with Crippen LogP contribution in [-0.2, 0) is 19.6 Å². The molecule has 0 atom stereocenters. The second-order valence-corrected chi connectivity index (χ2v) is 7.84. The summed E-state index contributed by atoms with van der Waals surface area (Å²) in [6, 6.07) is 12.7. The number of halogens is 2. The molecule has 0 bridgehead atoms. The van der Waals surface area contributed by atoms with Crippen LogP contribution in [0.3, 0.4) is 0 Å². The number of nitrogens with zero attached hydrogens (tertiary/aromatic N) is 1. The number of nitrogens with one attached hydrogen (secondary N) is 2. The molecule has 0 saturated carbocycles. The molecule has 2 aromatic carbocycles. The Kier molecular flexibility index (Phi) is 7.76. The van der Waals surface area contributed by atoms with Gasteiger partial charge in [0.15, 0.2) is 0 Å². The van der Waals surface area contributed by atoms with Gasteiger partial charge in [-0.05, 0) is 30.3 Å². The van der Waals surface area contributed by atoms with E-state index in [2.05, 4.69) is 10.6 Å². The summed E-state index contributed by atoms with van der Waals surface area (Å²) in [6.07, 6.45) is 0. The highest BCUT2D eigenvalue weighted by Crippen LogP contribution is 2.24. The molecule has 0 aliphatic carbocycles. The highest BCUT2D eigenvalue weighted by Gasteiger charge is 2.29. The molecule has 1 saturated heterocycles. The molecule has 7 nitrogen and oxygen atoms in total. The molecule has 0 unspecified atom stereocenters. The van der Waals surface area contributed by atoms with Gasteiger partial charge in [0.05, 0.1) is 19.8 Å². The first-order valence-electron chi connectivity index (χ1n) is 8.43. The standard InChI is InChI=1S/C18H20FN3O4S.ClH/c19-16-7-6-15(21-18(23)13-20-14-4-2-1-3-5-14)12-17(16)27(24,25)22-8-10-26-11-9-22;/h1-7,12,20H,8-11,13H2,(H,21,23);1H. The monoisotopic (exact) mass is 429 g/mol. The summed E-state index contributed by atoms with van der Waals surface area (Å²) in [5, 5.41) is 5.53. The molecule has 1 amide bonds. The van der Waals surface area contributed by atoms with E-state index in [0.717, 1.165) is 17.8 Å². The summed E-state index contributed by atoms with van der Waals surface area (Å²) in [6.45, 7) is 0.858. The van der Waals surface area contributed by atoms with Gasteiger partial charge >= 0.3 is 0 Å². The minimum Gasteiger partial charge on any atom is -0.379 e. The molecule has 1 aliphatic rings. The fourth-order valence-electron chi connectivity index (χ4n) is 2.65. The normalized spacial score (nSPS) is 14.8. The van der Waals surface area contributed by atoms with Crippen molar-refractivity contribution in [1.82, 2.24) is 4.31 Å². The topological polar surface area (TPSA) is 87.7 Å². The minimum atomic E-state index is -3.99. The second-order valence-electron chi connectivity index (χ2n) is 5.93. The van der Waals surface area contributed by atoms with E-state index in [1.165, 1.54) is 10.4 Å². The first-order valence-corrected chi connectivity index (χ1v) is 9.87. The Morgan fingerprint density at radius 1 is 1.07 bits per heavy atom. The van der Waals surface area contributed by atoms with Crippen molar-refractivity contribution in [2.45, 2.75) is 4.90 Å². The van der Waals surface area contributed by atoms with Crippen LogP contribution in [0.5, 0.6) is 0 Å². The quantitative estimate of drug-likeness (QED) is 0.735. The Bertz CT molecular complexity index is 906. The molecule has 0 radical (unpaired) electrons. The third kappa shape index (κ3) is 5.41. The Labute approximate surface area is 169 Å². The van der Waals surface area contributed by atoms with Gasteiger partial charge in [-0.25, -0.2) is 12.8 Å². The Hall–Kier alpha value is -2.20. The number of morpholine rings is 1. The lowest BCUT2D eigenvalue weighted by Crippen LogP contribution is -2.40. The molecule has 2 aromatic rings. The molecule has 2 N–H and O–H groups in total. The van der Waals surface area contributed by atoms with Gasteiger partial charge in [0.25, 0.3) is 0 Å². The van der Waals surface area contributed by atoms with Crippen LogP contribution in [0.15, 0.2) is 53.4 Å². The number of para-hydroxylation sites is 1. The number of carbonyl (C=O) groups is 1. The van der Waals surface area contributed by atoms with Gasteiger partial charge in [-0.15, -0.1) is 12.4 Å². The number of rotatable bonds is 6. The van der Waals surface area contributed by atoms with Crippen LogP contribution in [0.1, 0.15) is 0 Å². The average Bonchev–Trinajstić information content (AvgIpc) is 2.69. The van der Waals surface area contributed by atoms with Crippen LogP contribution >= 0.6 is 12.4 Å². The lowest BCUT2D eigenvalue weighted by Gasteiger charge is -2.26. The fourth-order valence-corrected chi connectivity index (χ4v) is 4.15. The summed E-state index contributed by atoms with van der Waals surface area (Å²) < 4.78 is 45.8. The molecule has 10 heteroatoms. The van der Waals surface area contributed by atoms with Crippen LogP contribution in [0.4, 0.5) is 15.8 Å². The van der Waals surface area contributed by atoms with Gasteiger partial charge in [0.1, 0.15) is 10.7 Å². The average molecular weight is 430 g/mol. The minimum absolute atomic E-state index is 0. The van der Waals surface area contributed by atoms with Crippen LogP contribution in [0, 0.1) is 5.82 Å². The van der Waals surface area contributed by atoms with Crippen molar-refractivity contribution in [2.75, 3.05) is 43.5 Å². The number of carbonyl (C=O) groups excluding carboxylic acids is 1. The van der Waals surface area contributed by atoms with Crippen molar-refractivity contribution in [3.05, 3.63) is 54.3 Å². The van der Waals surface area contributed by atoms with Crippen molar-refractivity contribution in [2.24, 2.45) is 0 Å². The number of ether oxygens (including phenoxy) is 1. The first kappa shape index (κ1) is 22.1. The molecule has 1 aliphatic heterocycles. The summed E-state index contributed by atoms with van der Waals surface area (Å²) in [5.74, 6) is -1.23. The third-order valence-electron chi connectivity index (χ3n) is 4.03. The van der Waals surface area contributed by atoms with E-state index in [1.807, 2.05) is 30.3 Å². The SMILES string of the molecule is Cl.O=C(CNc1ccccc1)Nc1ccc(F)c(S(=O)(=O)N2CCOCC2)c1. The predicted molar refractivity (Wildman–Crippen MR) is 107 cm³/mol. The maximum absolute atomic E-state index is 14.2. The van der Waals surface area contributed by atoms with E-state index in [4.69, 9.17) is 4.74 Å². The highest BCUT2D eigenvalue weighted by molar-refractivity contribution is 7.89. The highest BCUT2D eigenvalue weighted by atomic mass is 35.5. The summed E-state index contributed by atoms with van der Waals surface area (Å²) in [7, 11) is -3.99. The number of hydrogen-bond acceptors (Lipinski definition) is 5. The van der Waals surface area contributed by atoms with Gasteiger partial charge in [-0.3, -0.25) is 4.79 Å². The zero-order valence-electron chi connectivity index (χ0n) is 14.9. The Morgan fingerprint density at radius 2 is 1.75 bits per heavy atom. The van der Waals surface area contributed by atoms with Crippen molar-refractivity contribution < 1.29 is 22.3 Å². The molecule has 28 heavy (non-hydrogen) atoms. The van der Waals surface area contributed by atoms with E-state index in [-0.39, 0.29) is 56.8 Å². The molecule has 3 rings (SSSR count). The van der Waals surface area contributed by atoms with E-state index in [1.54, 1.807) is 0 Å². The molecule has 1 fully saturated rings. The lowest BCUT2D eigenvalue weighted by atomic mass is 10.3. The number of sulfonamides is 1. The summed E-state index contributed by atoms with van der Waals surface area (Å²) >= 11 is 0. The van der Waals surface area contributed by atoms with Crippen LogP contribution in [-0.4, -0.2) is 51.5 Å². The maximum Gasteiger partial charge on any atom is 0.246 e. The zero-order valence-corrected chi connectivity index (χ0v) is 16.6. The Balaban J connectivity index is 0.00000280. The predicted octanol–water partition coefficient (Wildman–Crippen LogP) is 2.32. The van der Waals surface area contributed by atoms with Crippen molar-refractivity contribution in [3.63, 3.8) is 0 Å². The van der Waals surface area contributed by atoms with E-state index in [0.29, 0.717) is 0 Å². The first-order chi connectivity index (χ1) is 13.0. The number of hydrogen-bond donors (Lipinski definition) is 2. The second kappa shape index (κ2) is 9.83. The zero-order chi connectivity index (χ0) is 19.3. The van der Waals surface area contributed by atoms with Gasteiger partial charge < -0.3 is 15.4 Å². The van der Waals surface area contributed by atoms with Crippen LogP contribution < -0.4 is 10.6 Å². The molecular weight excluding hydrogens is 409 g/mol. The van der Waals surface area contributed by atoms with E-state index in [9.17, 15) is 17.6 Å². The van der Waals surface area contributed by atoms with Crippen molar-refractivity contribution in [3.8, 4) is 0 Å².